The summed E-state index contributed by atoms with van der Waals surface area (Å²) in [4.78, 5) is 38.9. The van der Waals surface area contributed by atoms with Crippen molar-refractivity contribution in [2.24, 2.45) is 11.1 Å². The zero-order valence-electron chi connectivity index (χ0n) is 22.2. The molecule has 3 aromatic rings. The van der Waals surface area contributed by atoms with Crippen LogP contribution in [-0.2, 0) is 15.0 Å². The highest BCUT2D eigenvalue weighted by Gasteiger charge is 2.60. The van der Waals surface area contributed by atoms with Gasteiger partial charge < -0.3 is 21.7 Å². The number of carbonyl (C=O) groups is 3. The van der Waals surface area contributed by atoms with Gasteiger partial charge in [0.25, 0.3) is 0 Å². The molecule has 2 heterocycles. The van der Waals surface area contributed by atoms with E-state index in [1.165, 1.54) is 18.2 Å². The first-order valence-corrected chi connectivity index (χ1v) is 13.6. The van der Waals surface area contributed by atoms with Gasteiger partial charge in [0.05, 0.1) is 16.5 Å². The third-order valence-electron chi connectivity index (χ3n) is 7.54. The van der Waals surface area contributed by atoms with Crippen LogP contribution >= 0.6 is 23.2 Å². The summed E-state index contributed by atoms with van der Waals surface area (Å²) in [5.41, 5.74) is 6.46. The number of amides is 3. The van der Waals surface area contributed by atoms with E-state index in [-0.39, 0.29) is 34.2 Å². The first-order chi connectivity index (χ1) is 18.8. The zero-order valence-corrected chi connectivity index (χ0v) is 23.7. The lowest BCUT2D eigenvalue weighted by molar-refractivity contribution is -0.121. The number of primary amides is 1. The van der Waals surface area contributed by atoms with Crippen molar-refractivity contribution in [1.29, 1.82) is 0 Å². The maximum absolute atomic E-state index is 15.4. The van der Waals surface area contributed by atoms with Gasteiger partial charge in [0, 0.05) is 39.1 Å². The van der Waals surface area contributed by atoms with Gasteiger partial charge >= 0.3 is 0 Å². The molecule has 0 saturated carbocycles. The SMILES string of the molecule is CC(C)(C)C[C@@H]1N[C@@H](C(=O)Nc2ccc(C(N)=O)cc2)C[C@]12C(=O)Nc1cc(Cl)cc(-c3cccc(Cl)c3F)c12. The summed E-state index contributed by atoms with van der Waals surface area (Å²) in [6.07, 6.45) is 0.686. The van der Waals surface area contributed by atoms with Crippen LogP contribution in [0.3, 0.4) is 0 Å². The van der Waals surface area contributed by atoms with E-state index in [2.05, 4.69) is 36.7 Å². The van der Waals surface area contributed by atoms with Gasteiger partial charge in [0.2, 0.25) is 17.7 Å². The third kappa shape index (κ3) is 4.96. The number of halogens is 3. The average Bonchev–Trinajstić information content (AvgIpc) is 3.37. The molecule has 40 heavy (non-hydrogen) atoms. The summed E-state index contributed by atoms with van der Waals surface area (Å²) in [6.45, 7) is 6.18. The second-order valence-electron chi connectivity index (χ2n) is 11.6. The van der Waals surface area contributed by atoms with Crippen molar-refractivity contribution in [3.05, 3.63) is 81.6 Å². The maximum Gasteiger partial charge on any atom is 0.248 e. The van der Waals surface area contributed by atoms with E-state index in [0.29, 0.717) is 39.5 Å². The lowest BCUT2D eigenvalue weighted by Gasteiger charge is -2.34. The van der Waals surface area contributed by atoms with E-state index >= 15 is 4.39 Å². The standard InChI is InChI=1S/C30H29Cl2FN4O3/c1-29(2,3)14-23-30(13-22(36-23)27(39)35-17-9-7-15(8-10-17)26(34)38)24-19(18-5-4-6-20(32)25(18)33)11-16(31)12-21(24)37-28(30)40/h4-12,22-23,36H,13-14H2,1-3H3,(H2,34,38)(H,35,39)(H,37,40)/t22-,23+,30+/m1/s1. The average molecular weight is 583 g/mol. The molecule has 0 unspecified atom stereocenters. The highest BCUT2D eigenvalue weighted by Crippen LogP contribution is 2.54. The Bertz CT molecular complexity index is 1540. The Hall–Kier alpha value is -3.46. The Morgan fingerprint density at radius 2 is 1.80 bits per heavy atom. The van der Waals surface area contributed by atoms with E-state index in [4.69, 9.17) is 28.9 Å². The fourth-order valence-corrected chi connectivity index (χ4v) is 6.25. The molecule has 5 N–H and O–H groups in total. The van der Waals surface area contributed by atoms with E-state index in [9.17, 15) is 14.4 Å². The van der Waals surface area contributed by atoms with Crippen LogP contribution in [0.25, 0.3) is 11.1 Å². The fourth-order valence-electron chi connectivity index (χ4n) is 5.85. The number of hydrogen-bond donors (Lipinski definition) is 4. The molecule has 1 fully saturated rings. The lowest BCUT2D eigenvalue weighted by atomic mass is 9.68. The maximum atomic E-state index is 15.4. The molecule has 2 aliphatic rings. The number of anilines is 2. The van der Waals surface area contributed by atoms with Crippen molar-refractivity contribution in [3.63, 3.8) is 0 Å². The van der Waals surface area contributed by atoms with E-state index in [1.807, 2.05) is 0 Å². The molecule has 3 amide bonds. The molecule has 208 valence electrons. The van der Waals surface area contributed by atoms with Gasteiger partial charge in [-0.3, -0.25) is 14.4 Å². The van der Waals surface area contributed by atoms with Crippen molar-refractivity contribution in [2.75, 3.05) is 10.6 Å². The number of fused-ring (bicyclic) bond motifs is 2. The number of hydrogen-bond acceptors (Lipinski definition) is 4. The van der Waals surface area contributed by atoms with Crippen molar-refractivity contribution in [3.8, 4) is 11.1 Å². The van der Waals surface area contributed by atoms with E-state index in [1.54, 1.807) is 36.4 Å². The van der Waals surface area contributed by atoms with Gasteiger partial charge in [-0.2, -0.15) is 0 Å². The number of rotatable bonds is 5. The van der Waals surface area contributed by atoms with Gasteiger partial charge in [0.15, 0.2) is 0 Å². The summed E-state index contributed by atoms with van der Waals surface area (Å²) in [7, 11) is 0. The predicted molar refractivity (Wildman–Crippen MR) is 155 cm³/mol. The van der Waals surface area contributed by atoms with Gasteiger partial charge in [-0.05, 0) is 66.3 Å². The minimum absolute atomic E-state index is 0.0482. The molecule has 10 heteroatoms. The third-order valence-corrected chi connectivity index (χ3v) is 8.05. The predicted octanol–water partition coefficient (Wildman–Crippen LogP) is 5.89. The fraction of sp³-hybridized carbons (Fsp3) is 0.300. The molecule has 0 radical (unpaired) electrons. The topological polar surface area (TPSA) is 113 Å². The molecule has 1 saturated heterocycles. The van der Waals surface area contributed by atoms with Crippen LogP contribution in [0.4, 0.5) is 15.8 Å². The summed E-state index contributed by atoms with van der Waals surface area (Å²) in [5.74, 6) is -1.81. The van der Waals surface area contributed by atoms with Crippen LogP contribution in [0.2, 0.25) is 10.0 Å². The van der Waals surface area contributed by atoms with Crippen LogP contribution < -0.4 is 21.7 Å². The summed E-state index contributed by atoms with van der Waals surface area (Å²) >= 11 is 12.6. The normalized spacial score (nSPS) is 21.8. The smallest absolute Gasteiger partial charge is 0.248 e. The van der Waals surface area contributed by atoms with Crippen LogP contribution in [0.15, 0.2) is 54.6 Å². The van der Waals surface area contributed by atoms with E-state index < -0.39 is 29.2 Å². The Labute approximate surface area is 241 Å². The van der Waals surface area contributed by atoms with Crippen molar-refractivity contribution in [2.45, 2.75) is 51.1 Å². The molecular formula is C30H29Cl2FN4O3. The number of nitrogens with one attached hydrogen (secondary N) is 3. The summed E-state index contributed by atoms with van der Waals surface area (Å²) < 4.78 is 15.4. The molecule has 3 atom stereocenters. The molecule has 3 aromatic carbocycles. The van der Waals surface area contributed by atoms with Gasteiger partial charge in [-0.25, -0.2) is 4.39 Å². The highest BCUT2D eigenvalue weighted by molar-refractivity contribution is 6.32. The van der Waals surface area contributed by atoms with Gasteiger partial charge in [-0.1, -0.05) is 56.1 Å². The molecule has 0 aromatic heterocycles. The minimum Gasteiger partial charge on any atom is -0.366 e. The Morgan fingerprint density at radius 1 is 1.10 bits per heavy atom. The number of benzene rings is 3. The first-order valence-electron chi connectivity index (χ1n) is 12.9. The summed E-state index contributed by atoms with van der Waals surface area (Å²) in [6, 6.07) is 13.0. The number of carbonyl (C=O) groups excluding carboxylic acids is 3. The van der Waals surface area contributed by atoms with Crippen molar-refractivity contribution < 1.29 is 18.8 Å². The molecule has 1 spiro atoms. The molecular weight excluding hydrogens is 554 g/mol. The largest absolute Gasteiger partial charge is 0.366 e. The van der Waals surface area contributed by atoms with Gasteiger partial charge in [0.1, 0.15) is 5.82 Å². The monoisotopic (exact) mass is 582 g/mol. The molecule has 7 nitrogen and oxygen atoms in total. The Kier molecular flexibility index (Phi) is 7.15. The van der Waals surface area contributed by atoms with Gasteiger partial charge in [-0.15, -0.1) is 0 Å². The first kappa shape index (κ1) is 28.1. The Balaban J connectivity index is 1.59. The molecule has 0 aliphatic carbocycles. The van der Waals surface area contributed by atoms with Crippen LogP contribution in [0.5, 0.6) is 0 Å². The highest BCUT2D eigenvalue weighted by atomic mass is 35.5. The number of nitrogens with two attached hydrogens (primary N) is 1. The van der Waals surface area contributed by atoms with Crippen LogP contribution in [-0.4, -0.2) is 29.8 Å². The lowest BCUT2D eigenvalue weighted by Crippen LogP contribution is -2.48. The molecule has 5 rings (SSSR count). The second-order valence-corrected chi connectivity index (χ2v) is 12.4. The van der Waals surface area contributed by atoms with Crippen molar-refractivity contribution in [1.82, 2.24) is 5.32 Å². The Morgan fingerprint density at radius 3 is 2.45 bits per heavy atom. The van der Waals surface area contributed by atoms with Crippen molar-refractivity contribution >= 4 is 52.3 Å². The second kappa shape index (κ2) is 10.2. The molecule has 0 bridgehead atoms. The zero-order chi connectivity index (χ0) is 29.0. The van der Waals surface area contributed by atoms with E-state index in [0.717, 1.165) is 0 Å². The quantitative estimate of drug-likeness (QED) is 0.300. The molecule has 2 aliphatic heterocycles. The minimum atomic E-state index is -1.19. The van der Waals surface area contributed by atoms with Crippen LogP contribution in [0.1, 0.15) is 49.5 Å². The summed E-state index contributed by atoms with van der Waals surface area (Å²) in [5, 5.41) is 9.53. The van der Waals surface area contributed by atoms with Crippen LogP contribution in [0, 0.1) is 11.2 Å².